The minimum Gasteiger partial charge on any atom is -0.464 e. The molecule has 0 radical (unpaired) electrons. The Kier molecular flexibility index (Phi) is 3.73. The molecule has 0 N–H and O–H groups in total. The summed E-state index contributed by atoms with van der Waals surface area (Å²) in [5.41, 5.74) is 0.973. The van der Waals surface area contributed by atoms with Gasteiger partial charge in [0, 0.05) is 0 Å². The van der Waals surface area contributed by atoms with Crippen molar-refractivity contribution in [3.63, 3.8) is 0 Å². The van der Waals surface area contributed by atoms with Gasteiger partial charge in [-0.1, -0.05) is 30.3 Å². The van der Waals surface area contributed by atoms with Crippen LogP contribution in [0.3, 0.4) is 0 Å². The highest BCUT2D eigenvalue weighted by atomic mass is 16.8. The third-order valence-electron chi connectivity index (χ3n) is 3.70. The van der Waals surface area contributed by atoms with Crippen LogP contribution in [0.15, 0.2) is 30.3 Å². The normalized spacial score (nSPS) is 33.7. The van der Waals surface area contributed by atoms with E-state index in [0.29, 0.717) is 6.61 Å². The molecular formula is C16H20O5. The average Bonchev–Trinajstić information content (AvgIpc) is 2.93. The Morgan fingerprint density at radius 1 is 1.19 bits per heavy atom. The summed E-state index contributed by atoms with van der Waals surface area (Å²) in [5.74, 6) is -1.12. The zero-order chi connectivity index (χ0) is 15.0. The molecule has 5 heteroatoms. The molecule has 5 nitrogen and oxygen atoms in total. The molecule has 0 saturated carbocycles. The quantitative estimate of drug-likeness (QED) is 0.800. The predicted octanol–water partition coefficient (Wildman–Crippen LogP) is 2.21. The number of benzene rings is 1. The van der Waals surface area contributed by atoms with Crippen LogP contribution in [0.1, 0.15) is 32.4 Å². The number of hydrogen-bond acceptors (Lipinski definition) is 5. The largest absolute Gasteiger partial charge is 0.464 e. The van der Waals surface area contributed by atoms with Crippen molar-refractivity contribution < 1.29 is 23.7 Å². The van der Waals surface area contributed by atoms with E-state index in [1.54, 1.807) is 6.92 Å². The first-order valence-corrected chi connectivity index (χ1v) is 7.24. The van der Waals surface area contributed by atoms with E-state index in [9.17, 15) is 4.79 Å². The standard InChI is InChI=1S/C16H20O5/c1-4-18-15(17)14-13-12(20-16(2,3)21-13)11(19-14)10-8-6-5-7-9-10/h5-9,11-14H,4H2,1-3H3/t11-,12-,13-,14+/m1/s1. The molecule has 2 aliphatic heterocycles. The number of esters is 1. The number of hydrogen-bond donors (Lipinski definition) is 0. The first-order valence-electron chi connectivity index (χ1n) is 7.24. The van der Waals surface area contributed by atoms with Crippen LogP contribution in [0.5, 0.6) is 0 Å². The Labute approximate surface area is 124 Å². The summed E-state index contributed by atoms with van der Waals surface area (Å²) in [6, 6.07) is 9.74. The van der Waals surface area contributed by atoms with Crippen molar-refractivity contribution in [1.82, 2.24) is 0 Å². The van der Waals surface area contributed by atoms with Gasteiger partial charge in [0.1, 0.15) is 18.3 Å². The molecule has 2 fully saturated rings. The van der Waals surface area contributed by atoms with Crippen molar-refractivity contribution in [3.8, 4) is 0 Å². The van der Waals surface area contributed by atoms with Crippen LogP contribution >= 0.6 is 0 Å². The molecule has 2 saturated heterocycles. The first-order chi connectivity index (χ1) is 10.0. The second-order valence-corrected chi connectivity index (χ2v) is 5.70. The predicted molar refractivity (Wildman–Crippen MR) is 74.5 cm³/mol. The maximum atomic E-state index is 12.1. The van der Waals surface area contributed by atoms with Gasteiger partial charge >= 0.3 is 5.97 Å². The maximum Gasteiger partial charge on any atom is 0.338 e. The van der Waals surface area contributed by atoms with Crippen LogP contribution < -0.4 is 0 Å². The number of ether oxygens (including phenoxy) is 4. The smallest absolute Gasteiger partial charge is 0.338 e. The Balaban J connectivity index is 1.88. The van der Waals surface area contributed by atoms with Gasteiger partial charge in [-0.05, 0) is 26.3 Å². The second kappa shape index (κ2) is 5.40. The third-order valence-corrected chi connectivity index (χ3v) is 3.70. The molecular weight excluding hydrogens is 272 g/mol. The Morgan fingerprint density at radius 2 is 1.86 bits per heavy atom. The van der Waals surface area contributed by atoms with Crippen LogP contribution in [0.4, 0.5) is 0 Å². The minimum absolute atomic E-state index is 0.309. The van der Waals surface area contributed by atoms with Gasteiger partial charge < -0.3 is 18.9 Å². The molecule has 2 heterocycles. The minimum atomic E-state index is -0.748. The fourth-order valence-corrected chi connectivity index (χ4v) is 2.92. The van der Waals surface area contributed by atoms with E-state index in [0.717, 1.165) is 5.56 Å². The Hall–Kier alpha value is -1.43. The molecule has 0 unspecified atom stereocenters. The van der Waals surface area contributed by atoms with Crippen molar-refractivity contribution in [3.05, 3.63) is 35.9 Å². The molecule has 0 amide bonds. The number of carbonyl (C=O) groups excluding carboxylic acids is 1. The maximum absolute atomic E-state index is 12.1. The molecule has 0 bridgehead atoms. The summed E-state index contributed by atoms with van der Waals surface area (Å²) in [4.78, 5) is 12.1. The SMILES string of the molecule is CCOC(=O)[C@H]1O[C@H](c2ccccc2)[C@H]2OC(C)(C)O[C@H]21. The molecule has 1 aromatic rings. The van der Waals surface area contributed by atoms with Gasteiger partial charge in [0.15, 0.2) is 11.9 Å². The summed E-state index contributed by atoms with van der Waals surface area (Å²) in [6.45, 7) is 5.77. The molecule has 2 aliphatic rings. The van der Waals surface area contributed by atoms with E-state index in [4.69, 9.17) is 18.9 Å². The lowest BCUT2D eigenvalue weighted by Crippen LogP contribution is -2.36. The monoisotopic (exact) mass is 292 g/mol. The Bertz CT molecular complexity index is 513. The summed E-state index contributed by atoms with van der Waals surface area (Å²) < 4.78 is 22.8. The lowest BCUT2D eigenvalue weighted by atomic mass is 10.0. The Morgan fingerprint density at radius 3 is 2.52 bits per heavy atom. The summed E-state index contributed by atoms with van der Waals surface area (Å²) in [7, 11) is 0. The van der Waals surface area contributed by atoms with Crippen molar-refractivity contribution in [2.75, 3.05) is 6.61 Å². The lowest BCUT2D eigenvalue weighted by molar-refractivity contribution is -0.197. The van der Waals surface area contributed by atoms with Gasteiger partial charge in [-0.3, -0.25) is 0 Å². The highest BCUT2D eigenvalue weighted by Gasteiger charge is 2.58. The van der Waals surface area contributed by atoms with Gasteiger partial charge in [-0.25, -0.2) is 4.79 Å². The zero-order valence-electron chi connectivity index (χ0n) is 12.4. The molecule has 3 rings (SSSR count). The van der Waals surface area contributed by atoms with Gasteiger partial charge in [0.05, 0.1) is 6.61 Å². The van der Waals surface area contributed by atoms with E-state index in [2.05, 4.69) is 0 Å². The van der Waals surface area contributed by atoms with Gasteiger partial charge in [0.2, 0.25) is 0 Å². The van der Waals surface area contributed by atoms with Gasteiger partial charge in [0.25, 0.3) is 0 Å². The molecule has 21 heavy (non-hydrogen) atoms. The highest BCUT2D eigenvalue weighted by molar-refractivity contribution is 5.76. The topological polar surface area (TPSA) is 54.0 Å². The number of rotatable bonds is 3. The number of fused-ring (bicyclic) bond motifs is 1. The van der Waals surface area contributed by atoms with E-state index in [1.807, 2.05) is 44.2 Å². The van der Waals surface area contributed by atoms with Gasteiger partial charge in [-0.2, -0.15) is 0 Å². The third kappa shape index (κ3) is 2.69. The van der Waals surface area contributed by atoms with Crippen LogP contribution in [0, 0.1) is 0 Å². The van der Waals surface area contributed by atoms with Crippen LogP contribution in [-0.4, -0.2) is 36.7 Å². The van der Waals surface area contributed by atoms with E-state index >= 15 is 0 Å². The van der Waals surface area contributed by atoms with Crippen molar-refractivity contribution >= 4 is 5.97 Å². The first kappa shape index (κ1) is 14.5. The fraction of sp³-hybridized carbons (Fsp3) is 0.562. The van der Waals surface area contributed by atoms with Gasteiger partial charge in [-0.15, -0.1) is 0 Å². The zero-order valence-corrected chi connectivity index (χ0v) is 12.4. The van der Waals surface area contributed by atoms with Crippen LogP contribution in [0.2, 0.25) is 0 Å². The molecule has 114 valence electrons. The van der Waals surface area contributed by atoms with E-state index in [1.165, 1.54) is 0 Å². The molecule has 0 aliphatic carbocycles. The van der Waals surface area contributed by atoms with Crippen LogP contribution in [-0.2, 0) is 23.7 Å². The second-order valence-electron chi connectivity index (χ2n) is 5.70. The van der Waals surface area contributed by atoms with Crippen molar-refractivity contribution in [1.29, 1.82) is 0 Å². The van der Waals surface area contributed by atoms with Crippen molar-refractivity contribution in [2.24, 2.45) is 0 Å². The highest BCUT2D eigenvalue weighted by Crippen LogP contribution is 2.45. The van der Waals surface area contributed by atoms with E-state index < -0.39 is 24.0 Å². The van der Waals surface area contributed by atoms with Crippen molar-refractivity contribution in [2.45, 2.75) is 51.0 Å². The molecule has 0 spiro atoms. The average molecular weight is 292 g/mol. The molecule has 0 aromatic heterocycles. The summed E-state index contributed by atoms with van der Waals surface area (Å²) in [5, 5.41) is 0. The lowest BCUT2D eigenvalue weighted by Gasteiger charge is -2.23. The number of carbonyl (C=O) groups is 1. The molecule has 1 aromatic carbocycles. The molecule has 4 atom stereocenters. The summed E-state index contributed by atoms with van der Waals surface area (Å²) >= 11 is 0. The fourth-order valence-electron chi connectivity index (χ4n) is 2.92. The summed E-state index contributed by atoms with van der Waals surface area (Å²) in [6.07, 6.45) is -1.82. The van der Waals surface area contributed by atoms with Crippen LogP contribution in [0.25, 0.3) is 0 Å². The van der Waals surface area contributed by atoms with E-state index in [-0.39, 0.29) is 12.2 Å².